The Labute approximate surface area is 204 Å². The molecule has 9 nitrogen and oxygen atoms in total. The van der Waals surface area contributed by atoms with E-state index < -0.39 is 45.8 Å². The van der Waals surface area contributed by atoms with Crippen molar-refractivity contribution >= 4 is 27.8 Å². The molecule has 0 aromatic heterocycles. The zero-order valence-electron chi connectivity index (χ0n) is 19.9. The highest BCUT2D eigenvalue weighted by Gasteiger charge is 2.31. The zero-order chi connectivity index (χ0) is 25.8. The van der Waals surface area contributed by atoms with Crippen LogP contribution in [0.5, 0.6) is 0 Å². The number of sulfone groups is 1. The Morgan fingerprint density at radius 2 is 1.51 bits per heavy atom. The number of fused-ring (bicyclic) bond motifs is 3. The van der Waals surface area contributed by atoms with Crippen molar-refractivity contribution in [3.63, 3.8) is 0 Å². The highest BCUT2D eigenvalue weighted by atomic mass is 32.2. The van der Waals surface area contributed by atoms with Gasteiger partial charge in [0.1, 0.15) is 28.5 Å². The first kappa shape index (κ1) is 26.2. The maximum Gasteiger partial charge on any atom is 0.407 e. The summed E-state index contributed by atoms with van der Waals surface area (Å²) in [6, 6.07) is 13.2. The second-order valence-corrected chi connectivity index (χ2v) is 11.3. The average molecular weight is 503 g/mol. The fourth-order valence-electron chi connectivity index (χ4n) is 4.15. The van der Waals surface area contributed by atoms with Crippen molar-refractivity contribution in [1.82, 2.24) is 10.6 Å². The second-order valence-electron chi connectivity index (χ2n) is 9.01. The van der Waals surface area contributed by atoms with Crippen LogP contribution in [0.25, 0.3) is 11.1 Å². The lowest BCUT2D eigenvalue weighted by atomic mass is 9.98. The summed E-state index contributed by atoms with van der Waals surface area (Å²) >= 11 is 0. The number of aliphatic carboxylic acids is 1. The molecule has 2 aromatic rings. The molecular formula is C25H30N2O7S. The molecule has 2 aromatic carbocycles. The smallest absolute Gasteiger partial charge is 0.407 e. The van der Waals surface area contributed by atoms with Crippen molar-refractivity contribution in [2.45, 2.75) is 38.3 Å². The Hall–Kier alpha value is -3.40. The van der Waals surface area contributed by atoms with Crippen LogP contribution in [0.2, 0.25) is 0 Å². The minimum absolute atomic E-state index is 0.0179. The van der Waals surface area contributed by atoms with Crippen LogP contribution in [-0.4, -0.2) is 62.2 Å². The summed E-state index contributed by atoms with van der Waals surface area (Å²) in [5.74, 6) is -2.98. The molecule has 0 fully saturated rings. The zero-order valence-corrected chi connectivity index (χ0v) is 20.7. The first-order valence-electron chi connectivity index (χ1n) is 11.3. The van der Waals surface area contributed by atoms with Crippen LogP contribution >= 0.6 is 0 Å². The van der Waals surface area contributed by atoms with Gasteiger partial charge < -0.3 is 20.5 Å². The van der Waals surface area contributed by atoms with Gasteiger partial charge in [0, 0.05) is 12.2 Å². The molecule has 0 radical (unpaired) electrons. The van der Waals surface area contributed by atoms with Gasteiger partial charge in [-0.15, -0.1) is 0 Å². The number of benzene rings is 2. The molecular weight excluding hydrogens is 472 g/mol. The van der Waals surface area contributed by atoms with Gasteiger partial charge in [0.05, 0.1) is 5.75 Å². The van der Waals surface area contributed by atoms with Gasteiger partial charge in [-0.1, -0.05) is 62.4 Å². The number of ether oxygens (including phenoxy) is 1. The van der Waals surface area contributed by atoms with E-state index in [-0.39, 0.29) is 24.7 Å². The van der Waals surface area contributed by atoms with E-state index >= 15 is 0 Å². The molecule has 0 saturated carbocycles. The fraction of sp³-hybridized carbons (Fsp3) is 0.400. The average Bonchev–Trinajstić information content (AvgIpc) is 3.11. The van der Waals surface area contributed by atoms with Gasteiger partial charge in [-0.3, -0.25) is 4.79 Å². The normalized spacial score (nSPS) is 14.5. The highest BCUT2D eigenvalue weighted by Crippen LogP contribution is 2.44. The third-order valence-corrected chi connectivity index (χ3v) is 6.94. The Morgan fingerprint density at radius 1 is 0.971 bits per heavy atom. The molecule has 188 valence electrons. The Balaban J connectivity index is 1.70. The van der Waals surface area contributed by atoms with Crippen LogP contribution in [-0.2, 0) is 24.2 Å². The topological polar surface area (TPSA) is 139 Å². The predicted molar refractivity (Wildman–Crippen MR) is 131 cm³/mol. The number of nitrogens with one attached hydrogen (secondary N) is 2. The van der Waals surface area contributed by atoms with Crippen molar-refractivity contribution in [3.05, 3.63) is 59.7 Å². The maximum atomic E-state index is 12.8. The number of carboxylic acids is 1. The minimum atomic E-state index is -3.43. The van der Waals surface area contributed by atoms with Gasteiger partial charge in [0.15, 0.2) is 0 Å². The van der Waals surface area contributed by atoms with Crippen molar-refractivity contribution in [2.75, 3.05) is 18.6 Å². The van der Waals surface area contributed by atoms with E-state index in [1.54, 1.807) is 13.8 Å². The van der Waals surface area contributed by atoms with Gasteiger partial charge in [-0.2, -0.15) is 0 Å². The van der Waals surface area contributed by atoms with Crippen LogP contribution in [0.15, 0.2) is 48.5 Å². The van der Waals surface area contributed by atoms with Crippen LogP contribution < -0.4 is 10.6 Å². The monoisotopic (exact) mass is 502 g/mol. The number of carboxylic acid groups (broad SMARTS) is 1. The lowest BCUT2D eigenvalue weighted by Gasteiger charge is -2.23. The lowest BCUT2D eigenvalue weighted by molar-refractivity contribution is -0.143. The number of hydrogen-bond donors (Lipinski definition) is 3. The number of alkyl carbamates (subject to hydrolysis) is 1. The number of hydrogen-bond acceptors (Lipinski definition) is 6. The third-order valence-electron chi connectivity index (χ3n) is 5.96. The van der Waals surface area contributed by atoms with Crippen molar-refractivity contribution in [2.24, 2.45) is 5.92 Å². The van der Waals surface area contributed by atoms with E-state index in [9.17, 15) is 27.9 Å². The van der Waals surface area contributed by atoms with Crippen LogP contribution in [0.3, 0.4) is 0 Å². The van der Waals surface area contributed by atoms with Gasteiger partial charge in [-0.25, -0.2) is 18.0 Å². The first-order chi connectivity index (χ1) is 16.5. The largest absolute Gasteiger partial charge is 0.480 e. The predicted octanol–water partition coefficient (Wildman–Crippen LogP) is 2.55. The van der Waals surface area contributed by atoms with Crippen LogP contribution in [0.4, 0.5) is 4.79 Å². The van der Waals surface area contributed by atoms with E-state index in [4.69, 9.17) is 4.74 Å². The van der Waals surface area contributed by atoms with E-state index in [2.05, 4.69) is 10.6 Å². The Morgan fingerprint density at radius 3 is 2.00 bits per heavy atom. The van der Waals surface area contributed by atoms with Crippen LogP contribution in [0.1, 0.15) is 37.3 Å². The molecule has 2 unspecified atom stereocenters. The molecule has 0 bridgehead atoms. The number of carbonyl (C=O) groups is 3. The molecule has 0 saturated heterocycles. The maximum absolute atomic E-state index is 12.8. The summed E-state index contributed by atoms with van der Waals surface area (Å²) in [5.41, 5.74) is 4.18. The molecule has 35 heavy (non-hydrogen) atoms. The SMILES string of the molecule is CC(C)C(NC(=O)C(CCS(C)(=O)=O)NC(=O)OCC1c2ccccc2-c2ccccc21)C(=O)O. The van der Waals surface area contributed by atoms with E-state index in [1.165, 1.54) is 0 Å². The summed E-state index contributed by atoms with van der Waals surface area (Å²) < 4.78 is 28.7. The molecule has 0 heterocycles. The number of carbonyl (C=O) groups excluding carboxylic acids is 2. The minimum Gasteiger partial charge on any atom is -0.480 e. The molecule has 0 aliphatic heterocycles. The summed E-state index contributed by atoms with van der Waals surface area (Å²) in [7, 11) is -3.43. The van der Waals surface area contributed by atoms with Crippen molar-refractivity contribution < 1.29 is 32.6 Å². The number of rotatable bonds is 10. The van der Waals surface area contributed by atoms with Crippen molar-refractivity contribution in [3.8, 4) is 11.1 Å². The quantitative estimate of drug-likeness (QED) is 0.454. The molecule has 3 rings (SSSR count). The standard InChI is InChI=1S/C25H30N2O7S/c1-15(2)22(24(29)30)27-23(28)21(12-13-35(3,32)33)26-25(31)34-14-20-18-10-6-4-8-16(18)17-9-5-7-11-19(17)20/h4-11,15,20-22H,12-14H2,1-3H3,(H,26,31)(H,27,28)(H,29,30). The molecule has 0 spiro atoms. The molecule has 1 aliphatic carbocycles. The number of amides is 2. The summed E-state index contributed by atoms with van der Waals surface area (Å²) in [5, 5.41) is 14.1. The highest BCUT2D eigenvalue weighted by molar-refractivity contribution is 7.90. The fourth-order valence-corrected chi connectivity index (χ4v) is 4.81. The first-order valence-corrected chi connectivity index (χ1v) is 13.4. The van der Waals surface area contributed by atoms with Gasteiger partial charge in [0.2, 0.25) is 5.91 Å². The third kappa shape index (κ3) is 6.60. The molecule has 1 aliphatic rings. The Bertz CT molecular complexity index is 1160. The van der Waals surface area contributed by atoms with E-state index in [1.807, 2.05) is 48.5 Å². The van der Waals surface area contributed by atoms with E-state index in [0.29, 0.717) is 0 Å². The summed E-state index contributed by atoms with van der Waals surface area (Å²) in [6.07, 6.45) is -0.0973. The van der Waals surface area contributed by atoms with Gasteiger partial charge in [-0.05, 0) is 34.6 Å². The molecule has 2 atom stereocenters. The molecule has 2 amide bonds. The lowest BCUT2D eigenvalue weighted by Crippen LogP contribution is -2.53. The summed E-state index contributed by atoms with van der Waals surface area (Å²) in [6.45, 7) is 3.27. The molecule has 10 heteroatoms. The van der Waals surface area contributed by atoms with Crippen LogP contribution in [0, 0.1) is 5.92 Å². The Kier molecular flexibility index (Phi) is 8.16. The molecule has 3 N–H and O–H groups in total. The van der Waals surface area contributed by atoms with Gasteiger partial charge >= 0.3 is 12.1 Å². The van der Waals surface area contributed by atoms with E-state index in [0.717, 1.165) is 28.5 Å². The van der Waals surface area contributed by atoms with Crippen molar-refractivity contribution in [1.29, 1.82) is 0 Å². The second kappa shape index (κ2) is 10.9. The summed E-state index contributed by atoms with van der Waals surface area (Å²) in [4.78, 5) is 36.9. The van der Waals surface area contributed by atoms with Gasteiger partial charge in [0.25, 0.3) is 0 Å².